The molecule has 4 aliphatic rings. The van der Waals surface area contributed by atoms with Crippen molar-refractivity contribution in [2.75, 3.05) is 6.61 Å². The fraction of sp³-hybridized carbons (Fsp3) is 0.474. The number of ether oxygens (including phenoxy) is 1. The van der Waals surface area contributed by atoms with Crippen LogP contribution in [0.2, 0.25) is 0 Å². The van der Waals surface area contributed by atoms with Crippen molar-refractivity contribution in [3.63, 3.8) is 0 Å². The van der Waals surface area contributed by atoms with Crippen LogP contribution < -0.4 is 0 Å². The van der Waals surface area contributed by atoms with Crippen molar-refractivity contribution >= 4 is 34.9 Å². The molecule has 0 saturated heterocycles. The van der Waals surface area contributed by atoms with E-state index >= 15 is 0 Å². The molecule has 0 aromatic heterocycles. The van der Waals surface area contributed by atoms with E-state index in [4.69, 9.17) is 4.74 Å². The molecular weight excluding hydrogens is 628 g/mol. The Morgan fingerprint density at radius 2 is 1.80 bits per heavy atom. The number of aliphatic hydroxyl groups excluding tert-OH is 1. The lowest BCUT2D eigenvalue weighted by Gasteiger charge is -2.59. The number of rotatable bonds is 8. The van der Waals surface area contributed by atoms with Crippen LogP contribution in [0.4, 0.5) is 11.4 Å². The van der Waals surface area contributed by atoms with Gasteiger partial charge in [-0.05, 0) is 99.8 Å². The van der Waals surface area contributed by atoms with Gasteiger partial charge in [0.05, 0.1) is 22.9 Å². The van der Waals surface area contributed by atoms with E-state index < -0.39 is 58.0 Å². The van der Waals surface area contributed by atoms with E-state index in [1.807, 2.05) is 13.0 Å². The first-order valence-electron chi connectivity index (χ1n) is 16.7. The zero-order valence-electron chi connectivity index (χ0n) is 28.1. The largest absolute Gasteiger partial charge is 0.507 e. The van der Waals surface area contributed by atoms with Gasteiger partial charge in [0.25, 0.3) is 0 Å². The Hall–Kier alpha value is -4.48. The van der Waals surface area contributed by atoms with E-state index in [9.17, 15) is 39.6 Å². The van der Waals surface area contributed by atoms with Gasteiger partial charge in [-0.25, -0.2) is 4.79 Å². The molecule has 258 valence electrons. The quantitative estimate of drug-likeness (QED) is 0.196. The molecule has 7 atom stereocenters. The molecular formula is C38H42N2O9. The Labute approximate surface area is 284 Å². The van der Waals surface area contributed by atoms with Crippen molar-refractivity contribution in [1.29, 1.82) is 0 Å². The molecule has 0 heterocycles. The number of ketones is 2. The Morgan fingerprint density at radius 1 is 1.06 bits per heavy atom. The number of aromatic carboxylic acids is 1. The van der Waals surface area contributed by atoms with E-state index in [2.05, 4.69) is 17.2 Å². The topological polar surface area (TPSA) is 183 Å². The summed E-state index contributed by atoms with van der Waals surface area (Å²) in [4.78, 5) is 50.9. The number of fused-ring (bicyclic) bond motifs is 5. The number of carbonyl (C=O) groups excluding carboxylic acids is 3. The normalized spacial score (nSPS) is 32.2. The first-order valence-corrected chi connectivity index (χ1v) is 16.7. The second-order valence-electron chi connectivity index (χ2n) is 15.0. The fourth-order valence-corrected chi connectivity index (χ4v) is 9.29. The number of aliphatic hydroxyl groups is 2. The van der Waals surface area contributed by atoms with Gasteiger partial charge in [-0.3, -0.25) is 14.4 Å². The molecule has 2 aromatic carbocycles. The number of aromatic hydroxyl groups is 1. The fourth-order valence-electron chi connectivity index (χ4n) is 9.29. The predicted octanol–water partition coefficient (Wildman–Crippen LogP) is 5.91. The van der Waals surface area contributed by atoms with Gasteiger partial charge < -0.3 is 25.2 Å². The highest BCUT2D eigenvalue weighted by atomic mass is 16.5. The van der Waals surface area contributed by atoms with Crippen molar-refractivity contribution in [2.45, 2.75) is 76.9 Å². The molecule has 11 heteroatoms. The Balaban J connectivity index is 1.17. The number of benzene rings is 2. The summed E-state index contributed by atoms with van der Waals surface area (Å²) in [6, 6.07) is 10.5. The highest BCUT2D eigenvalue weighted by molar-refractivity contribution is 6.01. The summed E-state index contributed by atoms with van der Waals surface area (Å²) in [6.45, 7) is 6.54. The number of carboxylic acid groups (broad SMARTS) is 1. The number of Topliss-reactive ketones (excluding diaryl/α,β-unsaturated/α-hetero) is 1. The average Bonchev–Trinajstić information content (AvgIpc) is 3.33. The SMILES string of the molecule is CC(C)(C(=O)OCC(=O)C1(O)CCC2C3CCC4=CC(=O)C=CC4(C)C3C(O)CC21C)c1ccccc1N=Nc1ccc(O)c(C(=O)O)c1. The Bertz CT molecular complexity index is 1830. The molecule has 7 unspecified atom stereocenters. The number of allylic oxidation sites excluding steroid dienone is 4. The number of phenols is 1. The van der Waals surface area contributed by atoms with Crippen molar-refractivity contribution in [2.24, 2.45) is 38.8 Å². The molecule has 3 saturated carbocycles. The maximum atomic E-state index is 13.9. The number of carbonyl (C=O) groups is 4. The molecule has 11 nitrogen and oxygen atoms in total. The van der Waals surface area contributed by atoms with Crippen LogP contribution in [0.15, 0.2) is 76.5 Å². The molecule has 0 spiro atoms. The van der Waals surface area contributed by atoms with E-state index in [-0.39, 0.29) is 47.6 Å². The second kappa shape index (κ2) is 12.1. The third-order valence-electron chi connectivity index (χ3n) is 12.0. The minimum Gasteiger partial charge on any atom is -0.507 e. The predicted molar refractivity (Wildman–Crippen MR) is 178 cm³/mol. The smallest absolute Gasteiger partial charge is 0.339 e. The van der Waals surface area contributed by atoms with Crippen molar-refractivity contribution < 1.29 is 44.3 Å². The van der Waals surface area contributed by atoms with E-state index in [1.54, 1.807) is 50.3 Å². The molecule has 49 heavy (non-hydrogen) atoms. The summed E-state index contributed by atoms with van der Waals surface area (Å²) in [5, 5.41) is 51.2. The maximum absolute atomic E-state index is 13.9. The second-order valence-corrected chi connectivity index (χ2v) is 15.0. The minimum absolute atomic E-state index is 0.0382. The lowest BCUT2D eigenvalue weighted by molar-refractivity contribution is -0.182. The van der Waals surface area contributed by atoms with Gasteiger partial charge in [0.2, 0.25) is 5.78 Å². The molecule has 4 N–H and O–H groups in total. The van der Waals surface area contributed by atoms with Crippen LogP contribution in [0.1, 0.15) is 75.7 Å². The molecule has 0 aliphatic heterocycles. The van der Waals surface area contributed by atoms with E-state index in [0.29, 0.717) is 24.1 Å². The van der Waals surface area contributed by atoms with Gasteiger partial charge in [0.15, 0.2) is 12.4 Å². The average molecular weight is 671 g/mol. The van der Waals surface area contributed by atoms with Gasteiger partial charge in [0, 0.05) is 16.7 Å². The van der Waals surface area contributed by atoms with Gasteiger partial charge in [-0.2, -0.15) is 10.2 Å². The number of nitrogens with zero attached hydrogens (tertiary/aromatic N) is 2. The van der Waals surface area contributed by atoms with Gasteiger partial charge >= 0.3 is 11.9 Å². The van der Waals surface area contributed by atoms with Gasteiger partial charge in [0.1, 0.15) is 16.9 Å². The summed E-state index contributed by atoms with van der Waals surface area (Å²) in [5.41, 5.74) is -2.86. The number of hydrogen-bond donors (Lipinski definition) is 4. The first kappa shape index (κ1) is 34.4. The molecule has 0 bridgehead atoms. The number of esters is 1. The summed E-state index contributed by atoms with van der Waals surface area (Å²) in [6.07, 6.45) is 6.84. The summed E-state index contributed by atoms with van der Waals surface area (Å²) in [5.74, 6) is -3.23. The maximum Gasteiger partial charge on any atom is 0.339 e. The van der Waals surface area contributed by atoms with Gasteiger partial charge in [-0.1, -0.05) is 43.7 Å². The highest BCUT2D eigenvalue weighted by Crippen LogP contribution is 2.67. The summed E-state index contributed by atoms with van der Waals surface area (Å²) < 4.78 is 5.60. The van der Waals surface area contributed by atoms with Crippen LogP contribution in [0, 0.1) is 28.6 Å². The Morgan fingerprint density at radius 3 is 2.53 bits per heavy atom. The monoisotopic (exact) mass is 670 g/mol. The van der Waals surface area contributed by atoms with E-state index in [1.165, 1.54) is 18.2 Å². The van der Waals surface area contributed by atoms with Crippen LogP contribution in [-0.4, -0.2) is 62.2 Å². The summed E-state index contributed by atoms with van der Waals surface area (Å²) >= 11 is 0. The highest BCUT2D eigenvalue weighted by Gasteiger charge is 2.68. The third-order valence-corrected chi connectivity index (χ3v) is 12.0. The van der Waals surface area contributed by atoms with Crippen LogP contribution in [0.25, 0.3) is 0 Å². The van der Waals surface area contributed by atoms with E-state index in [0.717, 1.165) is 12.0 Å². The lowest BCUT2D eigenvalue weighted by Crippen LogP contribution is -2.61. The van der Waals surface area contributed by atoms with Gasteiger partial charge in [-0.15, -0.1) is 0 Å². The number of hydrogen-bond acceptors (Lipinski definition) is 10. The molecule has 4 aliphatic carbocycles. The molecule has 2 aromatic rings. The van der Waals surface area contributed by atoms with Crippen molar-refractivity contribution in [3.05, 3.63) is 77.4 Å². The van der Waals surface area contributed by atoms with Crippen LogP contribution in [0.3, 0.4) is 0 Å². The zero-order valence-corrected chi connectivity index (χ0v) is 28.1. The first-order chi connectivity index (χ1) is 23.0. The number of carboxylic acids is 1. The van der Waals surface area contributed by atoms with Crippen LogP contribution >= 0.6 is 0 Å². The zero-order chi connectivity index (χ0) is 35.5. The standard InChI is InChI=1S/C38H42N2O9/c1-35(2,27-7-5-6-8-28(27)40-39-22-10-12-29(42)25(18-22)33(45)46)34(47)49-20-31(44)38(48)16-14-26-24-11-9-21-17-23(41)13-15-36(21,3)32(24)30(43)19-37(26,38)4/h5-8,10,12-13,15,17-18,24,26,30,32,42-43,48H,9,11,14,16,19-20H2,1-4H3,(H,45,46). The lowest BCUT2D eigenvalue weighted by atomic mass is 9.46. The van der Waals surface area contributed by atoms with Crippen molar-refractivity contribution in [3.8, 4) is 5.75 Å². The molecule has 3 fully saturated rings. The molecule has 6 rings (SSSR count). The Kier molecular flexibility index (Phi) is 8.52. The molecule has 0 amide bonds. The molecule has 0 radical (unpaired) electrons. The minimum atomic E-state index is -1.80. The van der Waals surface area contributed by atoms with Crippen LogP contribution in [-0.2, 0) is 24.5 Å². The summed E-state index contributed by atoms with van der Waals surface area (Å²) in [7, 11) is 0. The van der Waals surface area contributed by atoms with Crippen LogP contribution in [0.5, 0.6) is 5.75 Å². The van der Waals surface area contributed by atoms with Crippen molar-refractivity contribution in [1.82, 2.24) is 0 Å². The third kappa shape index (κ3) is 5.53. The number of azo groups is 1.